The van der Waals surface area contributed by atoms with Gasteiger partial charge in [-0.1, -0.05) is 0 Å². The molecule has 1 fully saturated rings. The molecule has 8 heteroatoms. The Kier molecular flexibility index (Phi) is 4.59. The van der Waals surface area contributed by atoms with Crippen molar-refractivity contribution in [3.8, 4) is 0 Å². The zero-order chi connectivity index (χ0) is 16.3. The van der Waals surface area contributed by atoms with Crippen LogP contribution in [0.5, 0.6) is 0 Å². The number of nitro groups is 1. The second kappa shape index (κ2) is 6.42. The molecule has 0 radical (unpaired) electrons. The van der Waals surface area contributed by atoms with Gasteiger partial charge in [-0.25, -0.2) is 4.79 Å². The highest BCUT2D eigenvalue weighted by atomic mass is 16.6. The Morgan fingerprint density at radius 1 is 1.36 bits per heavy atom. The third-order valence-electron chi connectivity index (χ3n) is 3.54. The van der Waals surface area contributed by atoms with Gasteiger partial charge in [0.2, 0.25) is 0 Å². The number of carbonyl (C=O) groups is 2. The van der Waals surface area contributed by atoms with Gasteiger partial charge in [0.1, 0.15) is 5.69 Å². The fourth-order valence-electron chi connectivity index (χ4n) is 2.31. The summed E-state index contributed by atoms with van der Waals surface area (Å²) >= 11 is 0. The van der Waals surface area contributed by atoms with E-state index in [0.29, 0.717) is 5.69 Å². The van der Waals surface area contributed by atoms with Crippen LogP contribution in [0.1, 0.15) is 30.1 Å². The van der Waals surface area contributed by atoms with Gasteiger partial charge in [-0.3, -0.25) is 14.9 Å². The van der Waals surface area contributed by atoms with Crippen LogP contribution in [-0.4, -0.2) is 36.0 Å². The number of hydrogen-bond donors (Lipinski definition) is 1. The summed E-state index contributed by atoms with van der Waals surface area (Å²) in [6.07, 6.45) is 0.874. The van der Waals surface area contributed by atoms with E-state index in [1.165, 1.54) is 25.1 Å². The lowest BCUT2D eigenvalue weighted by atomic mass is 10.1. The van der Waals surface area contributed by atoms with Crippen molar-refractivity contribution in [2.75, 3.05) is 18.0 Å². The van der Waals surface area contributed by atoms with Crippen molar-refractivity contribution in [3.63, 3.8) is 0 Å². The molecule has 0 unspecified atom stereocenters. The number of amides is 1. The molecule has 1 atom stereocenters. The highest BCUT2D eigenvalue weighted by molar-refractivity contribution is 5.93. The number of primary amides is 1. The van der Waals surface area contributed by atoms with E-state index in [-0.39, 0.29) is 11.3 Å². The minimum absolute atomic E-state index is 0.0164. The van der Waals surface area contributed by atoms with Crippen LogP contribution in [-0.2, 0) is 9.53 Å². The zero-order valence-corrected chi connectivity index (χ0v) is 12.2. The quantitative estimate of drug-likeness (QED) is 0.497. The summed E-state index contributed by atoms with van der Waals surface area (Å²) in [5.41, 5.74) is 5.37. The first kappa shape index (κ1) is 15.7. The molecule has 1 aromatic carbocycles. The molecule has 0 spiro atoms. The molecule has 2 rings (SSSR count). The van der Waals surface area contributed by atoms with Crippen LogP contribution >= 0.6 is 0 Å². The van der Waals surface area contributed by atoms with Crippen LogP contribution in [0.15, 0.2) is 18.2 Å². The molecular weight excluding hydrogens is 290 g/mol. The molecule has 118 valence electrons. The van der Waals surface area contributed by atoms with E-state index < -0.39 is 22.9 Å². The van der Waals surface area contributed by atoms with Gasteiger partial charge in [0.25, 0.3) is 11.6 Å². The van der Waals surface area contributed by atoms with E-state index in [1.54, 1.807) is 0 Å². The fraction of sp³-hybridized carbons (Fsp3) is 0.429. The van der Waals surface area contributed by atoms with E-state index in [4.69, 9.17) is 10.5 Å². The molecule has 8 nitrogen and oxygen atoms in total. The van der Waals surface area contributed by atoms with Gasteiger partial charge in [-0.05, 0) is 31.9 Å². The number of nitrogens with two attached hydrogens (primary N) is 1. The average molecular weight is 307 g/mol. The lowest BCUT2D eigenvalue weighted by Gasteiger charge is -2.18. The first-order chi connectivity index (χ1) is 10.4. The maximum absolute atomic E-state index is 11.9. The molecule has 1 amide bonds. The highest BCUT2D eigenvalue weighted by Crippen LogP contribution is 2.31. The first-order valence-electron chi connectivity index (χ1n) is 6.94. The monoisotopic (exact) mass is 307 g/mol. The van der Waals surface area contributed by atoms with Crippen molar-refractivity contribution >= 4 is 23.3 Å². The lowest BCUT2D eigenvalue weighted by molar-refractivity contribution is -0.384. The standard InChI is InChI=1S/C14H17N3O5/c1-9(13(15)18)22-14(19)10-4-5-11(12(8-10)17(20)21)16-6-2-3-7-16/h4-5,8-9H,2-3,6-7H2,1H3,(H2,15,18)/t9-/m0/s1. The molecule has 1 aliphatic heterocycles. The fourth-order valence-corrected chi connectivity index (χ4v) is 2.31. The van der Waals surface area contributed by atoms with Crippen molar-refractivity contribution in [1.29, 1.82) is 0 Å². The Morgan fingerprint density at radius 2 is 2.00 bits per heavy atom. The number of nitro benzene ring substituents is 1. The van der Waals surface area contributed by atoms with Gasteiger partial charge in [0, 0.05) is 19.2 Å². The number of nitrogens with zero attached hydrogens (tertiary/aromatic N) is 2. The number of rotatable bonds is 5. The third-order valence-corrected chi connectivity index (χ3v) is 3.54. The van der Waals surface area contributed by atoms with E-state index in [9.17, 15) is 19.7 Å². The number of esters is 1. The molecule has 0 aromatic heterocycles. The number of ether oxygens (including phenoxy) is 1. The van der Waals surface area contributed by atoms with Crippen LogP contribution in [0.2, 0.25) is 0 Å². The second-order valence-electron chi connectivity index (χ2n) is 5.10. The topological polar surface area (TPSA) is 116 Å². The normalized spacial score (nSPS) is 15.4. The van der Waals surface area contributed by atoms with Crippen LogP contribution in [0.3, 0.4) is 0 Å². The minimum atomic E-state index is -1.09. The Hall–Kier alpha value is -2.64. The molecule has 0 aliphatic carbocycles. The summed E-state index contributed by atoms with van der Waals surface area (Å²) in [4.78, 5) is 35.4. The molecule has 22 heavy (non-hydrogen) atoms. The Balaban J connectivity index is 2.27. The highest BCUT2D eigenvalue weighted by Gasteiger charge is 2.25. The van der Waals surface area contributed by atoms with Gasteiger partial charge < -0.3 is 15.4 Å². The summed E-state index contributed by atoms with van der Waals surface area (Å²) in [7, 11) is 0. The van der Waals surface area contributed by atoms with E-state index in [0.717, 1.165) is 25.9 Å². The number of anilines is 1. The van der Waals surface area contributed by atoms with Gasteiger partial charge in [-0.15, -0.1) is 0 Å². The maximum Gasteiger partial charge on any atom is 0.339 e. The zero-order valence-electron chi connectivity index (χ0n) is 12.2. The molecule has 1 saturated heterocycles. The molecule has 0 bridgehead atoms. The van der Waals surface area contributed by atoms with Crippen molar-refractivity contribution in [2.45, 2.75) is 25.9 Å². The summed E-state index contributed by atoms with van der Waals surface area (Å²) in [6.45, 7) is 2.85. The van der Waals surface area contributed by atoms with Crippen LogP contribution in [0.25, 0.3) is 0 Å². The molecule has 2 N–H and O–H groups in total. The molecule has 1 aromatic rings. The van der Waals surface area contributed by atoms with Crippen molar-refractivity contribution in [3.05, 3.63) is 33.9 Å². The van der Waals surface area contributed by atoms with Gasteiger partial charge in [0.15, 0.2) is 6.10 Å². The predicted octanol–water partition coefficient (Wildman–Crippen LogP) is 1.23. The van der Waals surface area contributed by atoms with Crippen LogP contribution in [0.4, 0.5) is 11.4 Å². The Bertz CT molecular complexity index is 610. The molecule has 1 heterocycles. The maximum atomic E-state index is 11.9. The summed E-state index contributed by atoms with van der Waals surface area (Å²) in [5, 5.41) is 11.2. The first-order valence-corrected chi connectivity index (χ1v) is 6.94. The van der Waals surface area contributed by atoms with Crippen LogP contribution in [0, 0.1) is 10.1 Å². The van der Waals surface area contributed by atoms with E-state index in [1.807, 2.05) is 4.90 Å². The SMILES string of the molecule is C[C@H](OC(=O)c1ccc(N2CCCC2)c([N+](=O)[O-])c1)C(N)=O. The minimum Gasteiger partial charge on any atom is -0.449 e. The number of hydrogen-bond acceptors (Lipinski definition) is 6. The Morgan fingerprint density at radius 3 is 2.55 bits per heavy atom. The van der Waals surface area contributed by atoms with Gasteiger partial charge in [-0.2, -0.15) is 0 Å². The van der Waals surface area contributed by atoms with Gasteiger partial charge >= 0.3 is 5.97 Å². The van der Waals surface area contributed by atoms with Crippen LogP contribution < -0.4 is 10.6 Å². The number of carbonyl (C=O) groups excluding carboxylic acids is 2. The smallest absolute Gasteiger partial charge is 0.339 e. The summed E-state index contributed by atoms with van der Waals surface area (Å²) in [5.74, 6) is -1.60. The summed E-state index contributed by atoms with van der Waals surface area (Å²) in [6, 6.07) is 4.16. The molecular formula is C14H17N3O5. The average Bonchev–Trinajstić information content (AvgIpc) is 3.00. The number of benzene rings is 1. The lowest BCUT2D eigenvalue weighted by Crippen LogP contribution is -2.30. The molecule has 1 aliphatic rings. The largest absolute Gasteiger partial charge is 0.449 e. The van der Waals surface area contributed by atoms with E-state index in [2.05, 4.69) is 0 Å². The predicted molar refractivity (Wildman–Crippen MR) is 78.6 cm³/mol. The Labute approximate surface area is 127 Å². The van der Waals surface area contributed by atoms with Crippen molar-refractivity contribution in [1.82, 2.24) is 0 Å². The summed E-state index contributed by atoms with van der Waals surface area (Å²) < 4.78 is 4.85. The van der Waals surface area contributed by atoms with Crippen molar-refractivity contribution < 1.29 is 19.2 Å². The van der Waals surface area contributed by atoms with E-state index >= 15 is 0 Å². The third kappa shape index (κ3) is 3.33. The molecule has 0 saturated carbocycles. The van der Waals surface area contributed by atoms with Gasteiger partial charge in [0.05, 0.1) is 10.5 Å². The van der Waals surface area contributed by atoms with Crippen molar-refractivity contribution in [2.24, 2.45) is 5.73 Å². The second-order valence-corrected chi connectivity index (χ2v) is 5.10.